The van der Waals surface area contributed by atoms with E-state index in [1.165, 1.54) is 0 Å². The van der Waals surface area contributed by atoms with Gasteiger partial charge in [0.2, 0.25) is 0 Å². The van der Waals surface area contributed by atoms with E-state index in [0.29, 0.717) is 13.0 Å². The number of carboxylic acids is 1. The molecular weight excluding hydrogens is 388 g/mol. The number of aliphatic imine (C=N–C) groups is 1. The molecule has 1 aliphatic carbocycles. The highest BCUT2D eigenvalue weighted by Crippen LogP contribution is 2.44. The number of carbonyl (C=O) groups is 2. The van der Waals surface area contributed by atoms with Gasteiger partial charge in [0.25, 0.3) is 0 Å². The van der Waals surface area contributed by atoms with Crippen molar-refractivity contribution in [3.8, 4) is 11.1 Å². The van der Waals surface area contributed by atoms with Gasteiger partial charge in [-0.3, -0.25) is 4.99 Å². The average molecular weight is 414 g/mol. The number of guanidine groups is 1. The number of benzene rings is 2. The largest absolute Gasteiger partial charge is 0.480 e. The molecule has 0 aromatic heterocycles. The summed E-state index contributed by atoms with van der Waals surface area (Å²) in [6.45, 7) is 0.415. The maximum atomic E-state index is 12.2. The van der Waals surface area contributed by atoms with Crippen LogP contribution in [-0.2, 0) is 9.53 Å². The fourth-order valence-electron chi connectivity index (χ4n) is 3.54. The van der Waals surface area contributed by atoms with Crippen LogP contribution in [0, 0.1) is 0 Å². The van der Waals surface area contributed by atoms with Crippen LogP contribution in [0.15, 0.2) is 53.5 Å². The molecule has 0 saturated carbocycles. The molecule has 30 heavy (non-hydrogen) atoms. The van der Waals surface area contributed by atoms with Crippen LogP contribution in [0.3, 0.4) is 0 Å². The van der Waals surface area contributed by atoms with E-state index in [2.05, 4.69) is 10.3 Å². The van der Waals surface area contributed by atoms with Crippen molar-refractivity contribution in [2.45, 2.75) is 24.8 Å². The summed E-state index contributed by atoms with van der Waals surface area (Å²) in [5.74, 6) is -1.28. The van der Waals surface area contributed by atoms with Crippen molar-refractivity contribution in [2.75, 3.05) is 13.2 Å². The summed E-state index contributed by atoms with van der Waals surface area (Å²) in [7, 11) is 0. The van der Waals surface area contributed by atoms with E-state index in [-0.39, 0.29) is 30.4 Å². The minimum Gasteiger partial charge on any atom is -0.480 e. The summed E-state index contributed by atoms with van der Waals surface area (Å²) in [6, 6.07) is 14.9. The Bertz CT molecular complexity index is 882. The summed E-state index contributed by atoms with van der Waals surface area (Å²) in [4.78, 5) is 27.4. The fraction of sp³-hybridized carbons (Fsp3) is 0.286. The predicted octanol–water partition coefficient (Wildman–Crippen LogP) is 1.21. The van der Waals surface area contributed by atoms with Crippen molar-refractivity contribution in [3.63, 3.8) is 0 Å². The topological polar surface area (TPSA) is 172 Å². The number of hydrogen-bond acceptors (Lipinski definition) is 4. The normalized spacial score (nSPS) is 12.7. The number of nitrogens with one attached hydrogen (secondary N) is 1. The minimum atomic E-state index is -1.14. The second kappa shape index (κ2) is 10.3. The third-order valence-electron chi connectivity index (χ3n) is 4.88. The van der Waals surface area contributed by atoms with Gasteiger partial charge in [-0.15, -0.1) is 0 Å². The smallest absolute Gasteiger partial charge is 0.407 e. The molecule has 0 heterocycles. The molecule has 9 nitrogen and oxygen atoms in total. The average Bonchev–Trinajstić information content (AvgIpc) is 3.02. The quantitative estimate of drug-likeness (QED) is 0.287. The highest BCUT2D eigenvalue weighted by atomic mass is 16.5. The summed E-state index contributed by atoms with van der Waals surface area (Å²) >= 11 is 0. The van der Waals surface area contributed by atoms with Crippen LogP contribution in [0.1, 0.15) is 29.9 Å². The second-order valence-corrected chi connectivity index (χ2v) is 6.81. The number of nitrogens with zero attached hydrogens (tertiary/aromatic N) is 1. The first-order valence-electron chi connectivity index (χ1n) is 9.37. The molecule has 2 aromatic rings. The molecular formula is C21H26N4O5. The van der Waals surface area contributed by atoms with Gasteiger partial charge in [-0.05, 0) is 35.1 Å². The van der Waals surface area contributed by atoms with Crippen LogP contribution in [-0.4, -0.2) is 47.8 Å². The summed E-state index contributed by atoms with van der Waals surface area (Å²) in [5.41, 5.74) is 14.9. The minimum absolute atomic E-state index is 0. The molecule has 0 unspecified atom stereocenters. The molecule has 8 N–H and O–H groups in total. The van der Waals surface area contributed by atoms with Gasteiger partial charge in [-0.1, -0.05) is 48.5 Å². The molecule has 0 bridgehead atoms. The van der Waals surface area contributed by atoms with Crippen molar-refractivity contribution in [3.05, 3.63) is 59.7 Å². The van der Waals surface area contributed by atoms with E-state index in [1.54, 1.807) is 0 Å². The lowest BCUT2D eigenvalue weighted by Gasteiger charge is -2.17. The van der Waals surface area contributed by atoms with E-state index in [1.807, 2.05) is 48.5 Å². The zero-order valence-corrected chi connectivity index (χ0v) is 16.4. The lowest BCUT2D eigenvalue weighted by Crippen LogP contribution is -2.41. The van der Waals surface area contributed by atoms with Crippen molar-refractivity contribution in [1.29, 1.82) is 0 Å². The molecule has 0 aliphatic heterocycles. The number of hydrogen-bond donors (Lipinski definition) is 4. The van der Waals surface area contributed by atoms with Gasteiger partial charge in [0, 0.05) is 12.5 Å². The van der Waals surface area contributed by atoms with Crippen molar-refractivity contribution in [1.82, 2.24) is 5.32 Å². The Morgan fingerprint density at radius 1 is 1.07 bits per heavy atom. The Balaban J connectivity index is 0.00000320. The molecule has 1 amide bonds. The molecule has 0 saturated heterocycles. The number of amides is 1. The van der Waals surface area contributed by atoms with Crippen molar-refractivity contribution in [2.24, 2.45) is 16.5 Å². The lowest BCUT2D eigenvalue weighted by atomic mass is 9.98. The molecule has 9 heteroatoms. The van der Waals surface area contributed by atoms with Gasteiger partial charge in [0.15, 0.2) is 5.96 Å². The molecule has 160 valence electrons. The third kappa shape index (κ3) is 5.26. The number of rotatable bonds is 8. The summed E-state index contributed by atoms with van der Waals surface area (Å²) < 4.78 is 5.38. The van der Waals surface area contributed by atoms with Gasteiger partial charge in [-0.25, -0.2) is 9.59 Å². The van der Waals surface area contributed by atoms with Crippen LogP contribution < -0.4 is 16.8 Å². The van der Waals surface area contributed by atoms with Crippen LogP contribution >= 0.6 is 0 Å². The van der Waals surface area contributed by atoms with Crippen molar-refractivity contribution >= 4 is 18.0 Å². The fourth-order valence-corrected chi connectivity index (χ4v) is 3.54. The molecule has 0 spiro atoms. The summed E-state index contributed by atoms with van der Waals surface area (Å²) in [6.07, 6.45) is -0.157. The van der Waals surface area contributed by atoms with Crippen molar-refractivity contribution < 1.29 is 24.9 Å². The van der Waals surface area contributed by atoms with Gasteiger partial charge < -0.3 is 32.1 Å². The first-order chi connectivity index (χ1) is 14.0. The number of carbonyl (C=O) groups excluding carboxylic acids is 1. The highest BCUT2D eigenvalue weighted by molar-refractivity contribution is 5.81. The Hall–Kier alpha value is -3.59. The second-order valence-electron chi connectivity index (χ2n) is 6.81. The molecule has 0 radical (unpaired) electrons. The predicted molar refractivity (Wildman–Crippen MR) is 113 cm³/mol. The van der Waals surface area contributed by atoms with Crippen LogP contribution in [0.25, 0.3) is 11.1 Å². The van der Waals surface area contributed by atoms with Crippen LogP contribution in [0.4, 0.5) is 4.79 Å². The number of aliphatic carboxylic acids is 1. The zero-order chi connectivity index (χ0) is 20.8. The molecule has 1 atom stereocenters. The third-order valence-corrected chi connectivity index (χ3v) is 4.88. The van der Waals surface area contributed by atoms with Gasteiger partial charge in [0.1, 0.15) is 12.6 Å². The monoisotopic (exact) mass is 414 g/mol. The maximum Gasteiger partial charge on any atom is 0.407 e. The first kappa shape index (κ1) is 22.7. The molecule has 3 rings (SSSR count). The van der Waals surface area contributed by atoms with Gasteiger partial charge in [0.05, 0.1) is 0 Å². The van der Waals surface area contributed by atoms with E-state index in [4.69, 9.17) is 16.2 Å². The zero-order valence-electron chi connectivity index (χ0n) is 16.4. The van der Waals surface area contributed by atoms with Crippen LogP contribution in [0.2, 0.25) is 0 Å². The van der Waals surface area contributed by atoms with E-state index >= 15 is 0 Å². The Labute approximate surface area is 174 Å². The van der Waals surface area contributed by atoms with Gasteiger partial charge >= 0.3 is 12.1 Å². The SMILES string of the molecule is NC(N)=NCCC[C@H](NC(=O)OCC1c2ccccc2-c2ccccc21)C(=O)O.O. The van der Waals surface area contributed by atoms with Gasteiger partial charge in [-0.2, -0.15) is 0 Å². The number of ether oxygens (including phenoxy) is 1. The Morgan fingerprint density at radius 2 is 1.63 bits per heavy atom. The van der Waals surface area contributed by atoms with E-state index in [0.717, 1.165) is 22.3 Å². The lowest BCUT2D eigenvalue weighted by molar-refractivity contribution is -0.139. The Kier molecular flexibility index (Phi) is 7.76. The first-order valence-corrected chi connectivity index (χ1v) is 9.37. The van der Waals surface area contributed by atoms with E-state index in [9.17, 15) is 14.7 Å². The van der Waals surface area contributed by atoms with E-state index < -0.39 is 18.1 Å². The molecule has 0 fully saturated rings. The Morgan fingerprint density at radius 3 is 2.17 bits per heavy atom. The number of fused-ring (bicyclic) bond motifs is 3. The highest BCUT2D eigenvalue weighted by Gasteiger charge is 2.29. The number of nitrogens with two attached hydrogens (primary N) is 2. The number of alkyl carbamates (subject to hydrolysis) is 1. The van der Waals surface area contributed by atoms with Crippen LogP contribution in [0.5, 0.6) is 0 Å². The maximum absolute atomic E-state index is 12.2. The molecule has 2 aromatic carbocycles. The summed E-state index contributed by atoms with van der Waals surface area (Å²) in [5, 5.41) is 11.7. The molecule has 1 aliphatic rings. The standard InChI is InChI=1S/C21H24N4O4.H2O/c22-20(23)24-11-5-10-18(19(26)27)25-21(28)29-12-17-15-8-3-1-6-13(15)14-7-2-4-9-16(14)17;/h1-4,6-9,17-18H,5,10-12H2,(H,25,28)(H,26,27)(H4,22,23,24);1H2/t18-;/m0./s1. The number of carboxylic acid groups (broad SMARTS) is 1.